The Balaban J connectivity index is 3.28. The lowest BCUT2D eigenvalue weighted by molar-refractivity contribution is -0.144. The number of carbonyl (C=O) groups is 1. The van der Waals surface area contributed by atoms with Crippen LogP contribution in [-0.2, 0) is 9.53 Å². The summed E-state index contributed by atoms with van der Waals surface area (Å²) in [7, 11) is 0. The van der Waals surface area contributed by atoms with Gasteiger partial charge in [-0.3, -0.25) is 4.79 Å². The van der Waals surface area contributed by atoms with Gasteiger partial charge < -0.3 is 9.84 Å². The lowest BCUT2D eigenvalue weighted by atomic mass is 10.1. The molecular formula is C21H36O3. The minimum Gasteiger partial charge on any atom is -0.466 e. The molecule has 0 saturated heterocycles. The van der Waals surface area contributed by atoms with Gasteiger partial charge in [0.05, 0.1) is 6.61 Å². The van der Waals surface area contributed by atoms with Gasteiger partial charge in [-0.25, -0.2) is 0 Å². The van der Waals surface area contributed by atoms with E-state index in [0.29, 0.717) is 19.4 Å². The van der Waals surface area contributed by atoms with Gasteiger partial charge in [0.2, 0.25) is 0 Å². The molecule has 0 aliphatic carbocycles. The summed E-state index contributed by atoms with van der Waals surface area (Å²) >= 11 is 0. The quantitative estimate of drug-likeness (QED) is 0.230. The van der Waals surface area contributed by atoms with Crippen LogP contribution in [0.2, 0.25) is 0 Å². The third kappa shape index (κ3) is 18.7. The summed E-state index contributed by atoms with van der Waals surface area (Å²) in [5, 5.41) is 8.59. The van der Waals surface area contributed by atoms with Crippen LogP contribution in [0.15, 0.2) is 36.5 Å². The molecule has 0 radical (unpaired) electrons. The fourth-order valence-corrected chi connectivity index (χ4v) is 2.21. The smallest absolute Gasteiger partial charge is 0.305 e. The molecule has 138 valence electrons. The van der Waals surface area contributed by atoms with E-state index >= 15 is 0 Å². The fraction of sp³-hybridized carbons (Fsp3) is 0.667. The lowest BCUT2D eigenvalue weighted by Gasteiger charge is -2.03. The maximum Gasteiger partial charge on any atom is 0.305 e. The predicted octanol–water partition coefficient (Wildman–Crippen LogP) is 5.50. The van der Waals surface area contributed by atoms with E-state index in [1.807, 2.05) is 0 Å². The lowest BCUT2D eigenvalue weighted by Crippen LogP contribution is -2.06. The first-order chi connectivity index (χ1) is 11.8. The summed E-state index contributed by atoms with van der Waals surface area (Å²) in [4.78, 5) is 11.3. The van der Waals surface area contributed by atoms with E-state index in [2.05, 4.69) is 43.4 Å². The van der Waals surface area contributed by atoms with Gasteiger partial charge >= 0.3 is 5.97 Å². The normalized spacial score (nSPS) is 11.9. The molecule has 0 bridgehead atoms. The van der Waals surface area contributed by atoms with Crippen LogP contribution < -0.4 is 0 Å². The number of hydrogen-bond acceptors (Lipinski definition) is 3. The topological polar surface area (TPSA) is 46.5 Å². The Hall–Kier alpha value is -1.35. The van der Waals surface area contributed by atoms with Crippen molar-refractivity contribution in [1.82, 2.24) is 0 Å². The van der Waals surface area contributed by atoms with Crippen molar-refractivity contribution in [1.29, 1.82) is 0 Å². The highest BCUT2D eigenvalue weighted by molar-refractivity contribution is 5.69. The van der Waals surface area contributed by atoms with Gasteiger partial charge in [-0.15, -0.1) is 0 Å². The van der Waals surface area contributed by atoms with Crippen LogP contribution in [-0.4, -0.2) is 24.3 Å². The van der Waals surface area contributed by atoms with Gasteiger partial charge in [0.25, 0.3) is 0 Å². The van der Waals surface area contributed by atoms with Crippen molar-refractivity contribution < 1.29 is 14.6 Å². The molecule has 3 heteroatoms. The highest BCUT2D eigenvalue weighted by atomic mass is 16.5. The molecule has 0 unspecified atom stereocenters. The molecule has 0 aromatic heterocycles. The van der Waals surface area contributed by atoms with Crippen LogP contribution in [0.1, 0.15) is 77.6 Å². The zero-order valence-electron chi connectivity index (χ0n) is 15.4. The zero-order valence-corrected chi connectivity index (χ0v) is 15.4. The Labute approximate surface area is 148 Å². The summed E-state index contributed by atoms with van der Waals surface area (Å²) in [6.07, 6.45) is 24.3. The number of hydrogen-bond donors (Lipinski definition) is 1. The van der Waals surface area contributed by atoms with Crippen LogP contribution in [0.5, 0.6) is 0 Å². The average molecular weight is 337 g/mol. The van der Waals surface area contributed by atoms with E-state index < -0.39 is 0 Å². The molecule has 0 aromatic carbocycles. The molecule has 0 amide bonds. The molecule has 0 heterocycles. The monoisotopic (exact) mass is 336 g/mol. The average Bonchev–Trinajstić information content (AvgIpc) is 2.58. The highest BCUT2D eigenvalue weighted by Gasteiger charge is 2.01. The van der Waals surface area contributed by atoms with Crippen LogP contribution >= 0.6 is 0 Å². The summed E-state index contributed by atoms with van der Waals surface area (Å²) in [6, 6.07) is 0. The van der Waals surface area contributed by atoms with Crippen molar-refractivity contribution in [2.45, 2.75) is 77.6 Å². The van der Waals surface area contributed by atoms with Crippen molar-refractivity contribution in [2.75, 3.05) is 13.2 Å². The SMILES string of the molecule is CCC=CCC=CCC=CCCCCCCCC(=O)OCCCO. The second-order valence-corrected chi connectivity index (χ2v) is 5.90. The first-order valence-corrected chi connectivity index (χ1v) is 9.52. The van der Waals surface area contributed by atoms with Gasteiger partial charge in [0, 0.05) is 19.4 Å². The Bertz CT molecular complexity index is 356. The predicted molar refractivity (Wildman–Crippen MR) is 102 cm³/mol. The van der Waals surface area contributed by atoms with Crippen molar-refractivity contribution >= 4 is 5.97 Å². The standard InChI is InChI=1S/C21H36O3/c1-2-3-4-5-6-7-8-9-10-11-12-13-14-15-16-18-21(23)24-20-17-19-22/h3-4,6-7,9-10,22H,2,5,8,11-20H2,1H3. The highest BCUT2D eigenvalue weighted by Crippen LogP contribution is 2.08. The minimum absolute atomic E-state index is 0.0777. The van der Waals surface area contributed by atoms with E-state index in [-0.39, 0.29) is 12.6 Å². The molecule has 0 saturated carbocycles. The number of rotatable bonds is 16. The fourth-order valence-electron chi connectivity index (χ4n) is 2.21. The maximum atomic E-state index is 11.3. The molecule has 24 heavy (non-hydrogen) atoms. The van der Waals surface area contributed by atoms with E-state index in [4.69, 9.17) is 9.84 Å². The first-order valence-electron chi connectivity index (χ1n) is 9.52. The molecule has 1 N–H and O–H groups in total. The van der Waals surface area contributed by atoms with Crippen molar-refractivity contribution in [2.24, 2.45) is 0 Å². The van der Waals surface area contributed by atoms with E-state index in [1.54, 1.807) is 0 Å². The van der Waals surface area contributed by atoms with Gasteiger partial charge in [0.1, 0.15) is 0 Å². The molecular weight excluding hydrogens is 300 g/mol. The molecule has 0 aliphatic rings. The van der Waals surface area contributed by atoms with Gasteiger partial charge in [-0.05, 0) is 38.5 Å². The Kier molecular flexibility index (Phi) is 18.6. The van der Waals surface area contributed by atoms with Crippen molar-refractivity contribution in [3.05, 3.63) is 36.5 Å². The number of carbonyl (C=O) groups excluding carboxylic acids is 1. The van der Waals surface area contributed by atoms with E-state index in [0.717, 1.165) is 38.5 Å². The molecule has 0 aromatic rings. The van der Waals surface area contributed by atoms with Gasteiger partial charge in [-0.2, -0.15) is 0 Å². The summed E-state index contributed by atoms with van der Waals surface area (Å²) < 4.78 is 4.98. The van der Waals surface area contributed by atoms with E-state index in [1.165, 1.54) is 19.3 Å². The Morgan fingerprint density at radius 3 is 2.17 bits per heavy atom. The molecule has 0 spiro atoms. The van der Waals surface area contributed by atoms with E-state index in [9.17, 15) is 4.79 Å². The number of unbranched alkanes of at least 4 members (excludes halogenated alkanes) is 5. The summed E-state index contributed by atoms with van der Waals surface area (Å²) in [5.41, 5.74) is 0. The molecule has 3 nitrogen and oxygen atoms in total. The zero-order chi connectivity index (χ0) is 17.7. The van der Waals surface area contributed by atoms with Crippen molar-refractivity contribution in [3.63, 3.8) is 0 Å². The third-order valence-electron chi connectivity index (χ3n) is 3.60. The number of ether oxygens (including phenoxy) is 1. The molecule has 0 rings (SSSR count). The number of allylic oxidation sites excluding steroid dienone is 6. The third-order valence-corrected chi connectivity index (χ3v) is 3.60. The number of aliphatic hydroxyl groups is 1. The summed E-state index contributed by atoms with van der Waals surface area (Å²) in [6.45, 7) is 2.57. The number of esters is 1. The first kappa shape index (κ1) is 22.6. The van der Waals surface area contributed by atoms with Gasteiger partial charge in [0.15, 0.2) is 0 Å². The van der Waals surface area contributed by atoms with Crippen molar-refractivity contribution in [3.8, 4) is 0 Å². The van der Waals surface area contributed by atoms with Gasteiger partial charge in [-0.1, -0.05) is 62.6 Å². The minimum atomic E-state index is -0.135. The van der Waals surface area contributed by atoms with Crippen LogP contribution in [0, 0.1) is 0 Å². The summed E-state index contributed by atoms with van der Waals surface area (Å²) in [5.74, 6) is -0.135. The second-order valence-electron chi connectivity index (χ2n) is 5.90. The maximum absolute atomic E-state index is 11.3. The largest absolute Gasteiger partial charge is 0.466 e. The van der Waals surface area contributed by atoms with Crippen LogP contribution in [0.25, 0.3) is 0 Å². The van der Waals surface area contributed by atoms with Crippen LogP contribution in [0.4, 0.5) is 0 Å². The Morgan fingerprint density at radius 1 is 0.833 bits per heavy atom. The second kappa shape index (κ2) is 19.7. The Morgan fingerprint density at radius 2 is 1.46 bits per heavy atom. The molecule has 0 aliphatic heterocycles. The van der Waals surface area contributed by atoms with Crippen LogP contribution in [0.3, 0.4) is 0 Å². The molecule has 0 atom stereocenters. The molecule has 0 fully saturated rings. The number of aliphatic hydroxyl groups excluding tert-OH is 1.